The lowest BCUT2D eigenvalue weighted by atomic mass is 9.92. The number of anilines is 1. The van der Waals surface area contributed by atoms with Gasteiger partial charge in [0.25, 0.3) is 0 Å². The molecule has 4 aromatic carbocycles. The topological polar surface area (TPSA) is 51.2 Å². The average molecular weight is 604 g/mol. The van der Waals surface area contributed by atoms with Crippen molar-refractivity contribution in [3.63, 3.8) is 0 Å². The number of fused-ring (bicyclic) bond motifs is 7. The minimum absolute atomic E-state index is 0.315. The second kappa shape index (κ2) is 12.7. The van der Waals surface area contributed by atoms with Gasteiger partial charge in [0, 0.05) is 69.3 Å². The van der Waals surface area contributed by atoms with Crippen LogP contribution in [-0.2, 0) is 20.1 Å². The standard InChI is InChI=1S/C38H45N5S/c1-7-14-25(8-2)34(42(6)44-27-21-19-26(39)20-22-27)24-43-33-18-13-11-16-30(33)35-28(9-3)31(23-40-4)36-29-15-10-12-17-32(29)41(5)37(36)38(35)43/h9-13,15-22,25,34,40H,3,7-8,14,23-24,39H2,1-2,4-6H3. The number of para-hydroxylation sites is 2. The molecule has 2 unspecified atom stereocenters. The summed E-state index contributed by atoms with van der Waals surface area (Å²) in [4.78, 5) is 1.21. The van der Waals surface area contributed by atoms with E-state index in [1.165, 1.54) is 72.5 Å². The van der Waals surface area contributed by atoms with Crippen molar-refractivity contribution < 1.29 is 0 Å². The normalized spacial score (nSPS) is 13.5. The first kappa shape index (κ1) is 30.3. The van der Waals surface area contributed by atoms with E-state index in [9.17, 15) is 0 Å². The van der Waals surface area contributed by atoms with Crippen LogP contribution in [0.1, 0.15) is 44.2 Å². The summed E-state index contributed by atoms with van der Waals surface area (Å²) < 4.78 is 7.54. The Morgan fingerprint density at radius 2 is 1.59 bits per heavy atom. The van der Waals surface area contributed by atoms with Gasteiger partial charge in [-0.25, -0.2) is 4.31 Å². The van der Waals surface area contributed by atoms with E-state index in [4.69, 9.17) is 5.73 Å². The van der Waals surface area contributed by atoms with Crippen LogP contribution in [0, 0.1) is 5.92 Å². The molecule has 44 heavy (non-hydrogen) atoms. The molecule has 2 atom stereocenters. The molecule has 0 fully saturated rings. The van der Waals surface area contributed by atoms with Crippen LogP contribution in [0.2, 0.25) is 0 Å². The summed E-state index contributed by atoms with van der Waals surface area (Å²) in [6.45, 7) is 10.7. The highest BCUT2D eigenvalue weighted by Gasteiger charge is 2.29. The zero-order valence-corrected chi connectivity index (χ0v) is 27.5. The molecule has 0 aliphatic carbocycles. The van der Waals surface area contributed by atoms with Crippen LogP contribution in [0.15, 0.2) is 84.3 Å². The van der Waals surface area contributed by atoms with Crippen molar-refractivity contribution in [1.29, 1.82) is 0 Å². The molecule has 6 rings (SSSR count). The van der Waals surface area contributed by atoms with Crippen LogP contribution in [-0.4, -0.2) is 33.6 Å². The smallest absolute Gasteiger partial charge is 0.0745 e. The van der Waals surface area contributed by atoms with Crippen LogP contribution in [0.5, 0.6) is 0 Å². The summed E-state index contributed by atoms with van der Waals surface area (Å²) in [6.07, 6.45) is 5.58. The van der Waals surface area contributed by atoms with E-state index in [0.29, 0.717) is 12.0 Å². The van der Waals surface area contributed by atoms with Gasteiger partial charge in [0.15, 0.2) is 0 Å². The molecule has 6 heteroatoms. The van der Waals surface area contributed by atoms with E-state index in [-0.39, 0.29) is 0 Å². The number of hydrogen-bond donors (Lipinski definition) is 2. The first-order valence-electron chi connectivity index (χ1n) is 15.9. The Kier molecular flexibility index (Phi) is 8.77. The quantitative estimate of drug-likeness (QED) is 0.108. The predicted molar refractivity (Wildman–Crippen MR) is 193 cm³/mol. The lowest BCUT2D eigenvalue weighted by molar-refractivity contribution is 0.238. The molecule has 0 amide bonds. The summed E-state index contributed by atoms with van der Waals surface area (Å²) in [5.41, 5.74) is 14.5. The zero-order chi connectivity index (χ0) is 31.0. The maximum Gasteiger partial charge on any atom is 0.0745 e. The van der Waals surface area contributed by atoms with E-state index < -0.39 is 0 Å². The first-order chi connectivity index (χ1) is 21.4. The number of likely N-dealkylation sites (N-methyl/N-ethyl adjacent to an activating group) is 1. The van der Waals surface area contributed by atoms with Gasteiger partial charge in [0.05, 0.1) is 11.0 Å². The summed E-state index contributed by atoms with van der Waals surface area (Å²) in [5.74, 6) is 0.549. The first-order valence-corrected chi connectivity index (χ1v) is 16.7. The molecule has 0 aliphatic heterocycles. The van der Waals surface area contributed by atoms with E-state index in [1.807, 2.05) is 31.1 Å². The van der Waals surface area contributed by atoms with Crippen LogP contribution in [0.3, 0.4) is 0 Å². The molecule has 0 spiro atoms. The van der Waals surface area contributed by atoms with Crippen molar-refractivity contribution in [2.24, 2.45) is 13.0 Å². The summed E-state index contributed by atoms with van der Waals surface area (Å²) in [5, 5.41) is 8.68. The Balaban J connectivity index is 1.66. The Morgan fingerprint density at radius 3 is 2.23 bits per heavy atom. The van der Waals surface area contributed by atoms with Crippen molar-refractivity contribution >= 4 is 67.3 Å². The van der Waals surface area contributed by atoms with E-state index >= 15 is 0 Å². The molecule has 0 saturated heterocycles. The van der Waals surface area contributed by atoms with Gasteiger partial charge in [-0.3, -0.25) is 0 Å². The number of aryl methyl sites for hydroxylation is 1. The summed E-state index contributed by atoms with van der Waals surface area (Å²) in [6, 6.07) is 26.4. The number of nitrogen functional groups attached to an aromatic ring is 1. The highest BCUT2D eigenvalue weighted by molar-refractivity contribution is 7.97. The number of nitrogens with two attached hydrogens (primary N) is 1. The number of aromatic nitrogens is 2. The van der Waals surface area contributed by atoms with Crippen molar-refractivity contribution in [3.8, 4) is 0 Å². The maximum absolute atomic E-state index is 6.02. The highest BCUT2D eigenvalue weighted by Crippen LogP contribution is 2.44. The Hall–Kier alpha value is -3.71. The van der Waals surface area contributed by atoms with E-state index in [0.717, 1.165) is 25.2 Å². The molecule has 3 N–H and O–H groups in total. The van der Waals surface area contributed by atoms with Gasteiger partial charge in [-0.2, -0.15) is 0 Å². The van der Waals surface area contributed by atoms with Gasteiger partial charge in [0.1, 0.15) is 0 Å². The molecule has 0 saturated carbocycles. The molecular weight excluding hydrogens is 559 g/mol. The molecule has 0 radical (unpaired) electrons. The van der Waals surface area contributed by atoms with Gasteiger partial charge >= 0.3 is 0 Å². The Labute approximate surface area is 265 Å². The third-order valence-corrected chi connectivity index (χ3v) is 10.5. The second-order valence-corrected chi connectivity index (χ2v) is 13.2. The predicted octanol–water partition coefficient (Wildman–Crippen LogP) is 9.22. The monoisotopic (exact) mass is 603 g/mol. The van der Waals surface area contributed by atoms with Crippen LogP contribution in [0.4, 0.5) is 5.69 Å². The fourth-order valence-electron chi connectivity index (χ4n) is 7.41. The lowest BCUT2D eigenvalue weighted by Crippen LogP contribution is -2.37. The van der Waals surface area contributed by atoms with Crippen LogP contribution in [0.25, 0.3) is 49.7 Å². The SMILES string of the molecule is C=Cc1c(CNC)c2c3ccccc3n(C)c2c2c1c1ccccc1n2CC(C(CC)CCC)N(C)Sc1ccc(N)cc1. The minimum Gasteiger partial charge on any atom is -0.399 e. The maximum atomic E-state index is 6.02. The van der Waals surface area contributed by atoms with E-state index in [1.54, 1.807) is 0 Å². The summed E-state index contributed by atoms with van der Waals surface area (Å²) >= 11 is 1.82. The van der Waals surface area contributed by atoms with Crippen molar-refractivity contribution in [1.82, 2.24) is 18.8 Å². The van der Waals surface area contributed by atoms with Gasteiger partial charge in [-0.05, 0) is 85.9 Å². The number of nitrogens with one attached hydrogen (secondary N) is 1. The van der Waals surface area contributed by atoms with Crippen LogP contribution < -0.4 is 11.1 Å². The molecule has 2 aromatic heterocycles. The molecule has 0 bridgehead atoms. The highest BCUT2D eigenvalue weighted by atomic mass is 32.2. The Bertz CT molecular complexity index is 1950. The van der Waals surface area contributed by atoms with E-state index in [2.05, 4.69) is 120 Å². The number of rotatable bonds is 12. The third-order valence-electron chi connectivity index (χ3n) is 9.45. The number of benzene rings is 4. The van der Waals surface area contributed by atoms with Gasteiger partial charge in [-0.15, -0.1) is 0 Å². The van der Waals surface area contributed by atoms with Crippen LogP contribution >= 0.6 is 11.9 Å². The zero-order valence-electron chi connectivity index (χ0n) is 26.7. The molecule has 228 valence electrons. The van der Waals surface area contributed by atoms with Gasteiger partial charge < -0.3 is 20.2 Å². The van der Waals surface area contributed by atoms with Crippen molar-refractivity contribution in [3.05, 3.63) is 90.5 Å². The number of nitrogens with zero attached hydrogens (tertiary/aromatic N) is 3. The van der Waals surface area contributed by atoms with Gasteiger partial charge in [-0.1, -0.05) is 75.7 Å². The average Bonchev–Trinajstić information content (AvgIpc) is 3.52. The fraction of sp³-hybridized carbons (Fsp3) is 0.316. The second-order valence-electron chi connectivity index (χ2n) is 12.0. The third kappa shape index (κ3) is 5.09. The fourth-order valence-corrected chi connectivity index (χ4v) is 8.37. The molecule has 6 aromatic rings. The van der Waals surface area contributed by atoms with Crippen molar-refractivity contribution in [2.45, 2.75) is 57.1 Å². The van der Waals surface area contributed by atoms with Crippen molar-refractivity contribution in [2.75, 3.05) is 19.8 Å². The molecular formula is C38H45N5S. The van der Waals surface area contributed by atoms with Gasteiger partial charge in [0.2, 0.25) is 0 Å². The Morgan fingerprint density at radius 1 is 0.932 bits per heavy atom. The molecule has 2 heterocycles. The lowest BCUT2D eigenvalue weighted by Gasteiger charge is -2.34. The minimum atomic E-state index is 0.315. The summed E-state index contributed by atoms with van der Waals surface area (Å²) in [7, 11) is 6.54. The molecule has 5 nitrogen and oxygen atoms in total. The largest absolute Gasteiger partial charge is 0.399 e. The number of hydrogen-bond acceptors (Lipinski definition) is 4. The molecule has 0 aliphatic rings.